The van der Waals surface area contributed by atoms with Gasteiger partial charge in [0.15, 0.2) is 23.1 Å². The second-order valence-electron chi connectivity index (χ2n) is 8.25. The number of aryl methyl sites for hydroxylation is 1. The molecule has 0 radical (unpaired) electrons. The van der Waals surface area contributed by atoms with Crippen molar-refractivity contribution in [2.75, 3.05) is 23.3 Å². The van der Waals surface area contributed by atoms with Crippen LogP contribution in [-0.4, -0.2) is 31.6 Å². The van der Waals surface area contributed by atoms with Crippen LogP contribution in [0.3, 0.4) is 0 Å². The summed E-state index contributed by atoms with van der Waals surface area (Å²) in [7, 11) is -3.98. The van der Waals surface area contributed by atoms with Gasteiger partial charge in [0, 0.05) is 11.8 Å². The lowest BCUT2D eigenvalue weighted by Crippen LogP contribution is -2.18. The first-order valence-electron chi connectivity index (χ1n) is 11.6. The highest BCUT2D eigenvalue weighted by atomic mass is 32.2. The van der Waals surface area contributed by atoms with Crippen molar-refractivity contribution in [3.05, 3.63) is 72.3 Å². The first kappa shape index (κ1) is 22.9. The van der Waals surface area contributed by atoms with Crippen molar-refractivity contribution in [1.82, 2.24) is 9.97 Å². The van der Waals surface area contributed by atoms with Crippen molar-refractivity contribution in [1.29, 1.82) is 0 Å². The number of nitrogens with zero attached hydrogens (tertiary/aromatic N) is 2. The molecule has 8 nitrogen and oxygen atoms in total. The Morgan fingerprint density at radius 3 is 2.26 bits per heavy atom. The molecule has 2 N–H and O–H groups in total. The summed E-state index contributed by atoms with van der Waals surface area (Å²) in [6.07, 6.45) is 3.29. The number of unbranched alkanes of at least 4 members (excludes halogenated alkanes) is 1. The molecular formula is C26H26N4O4S. The molecular weight excluding hydrogens is 464 g/mol. The summed E-state index contributed by atoms with van der Waals surface area (Å²) in [5, 5.41) is 3.23. The highest BCUT2D eigenvalue weighted by molar-refractivity contribution is 7.92. The molecule has 0 fully saturated rings. The van der Waals surface area contributed by atoms with Gasteiger partial charge in [-0.1, -0.05) is 37.6 Å². The minimum absolute atomic E-state index is 0.0444. The zero-order chi connectivity index (χ0) is 24.3. The van der Waals surface area contributed by atoms with E-state index >= 15 is 0 Å². The lowest BCUT2D eigenvalue weighted by Gasteiger charge is -2.19. The fraction of sp³-hybridized carbons (Fsp3) is 0.231. The van der Waals surface area contributed by atoms with Crippen molar-refractivity contribution < 1.29 is 17.9 Å². The molecule has 1 aromatic heterocycles. The summed E-state index contributed by atoms with van der Waals surface area (Å²) >= 11 is 0. The van der Waals surface area contributed by atoms with Crippen LogP contribution >= 0.6 is 0 Å². The Morgan fingerprint density at radius 1 is 0.857 bits per heavy atom. The van der Waals surface area contributed by atoms with Gasteiger partial charge in [-0.15, -0.1) is 0 Å². The minimum Gasteiger partial charge on any atom is -0.486 e. The molecule has 0 atom stereocenters. The monoisotopic (exact) mass is 490 g/mol. The quantitative estimate of drug-likeness (QED) is 0.346. The molecule has 9 heteroatoms. The van der Waals surface area contributed by atoms with Crippen LogP contribution in [0.2, 0.25) is 0 Å². The van der Waals surface area contributed by atoms with E-state index in [0.29, 0.717) is 41.6 Å². The van der Waals surface area contributed by atoms with Crippen LogP contribution in [0, 0.1) is 0 Å². The summed E-state index contributed by atoms with van der Waals surface area (Å²) in [4.78, 5) is 9.25. The standard InChI is InChI=1S/C26H26N4O4S/c1-2-3-6-18-9-11-19(12-10-18)27-25-26(29-22-8-5-4-7-21(22)28-25)30-35(31,32)20-13-14-23-24(17-20)34-16-15-33-23/h4-5,7-14,17H,2-3,6,15-16H2,1H3,(H,27,28)(H,29,30). The van der Waals surface area contributed by atoms with Crippen molar-refractivity contribution in [3.63, 3.8) is 0 Å². The van der Waals surface area contributed by atoms with E-state index in [9.17, 15) is 8.42 Å². The van der Waals surface area contributed by atoms with Crippen molar-refractivity contribution in [2.45, 2.75) is 31.1 Å². The van der Waals surface area contributed by atoms with Gasteiger partial charge in [-0.25, -0.2) is 18.4 Å². The number of rotatable bonds is 8. The van der Waals surface area contributed by atoms with Gasteiger partial charge in [0.2, 0.25) is 0 Å². The first-order chi connectivity index (χ1) is 17.0. The summed E-state index contributed by atoms with van der Waals surface area (Å²) in [6.45, 7) is 2.96. The summed E-state index contributed by atoms with van der Waals surface area (Å²) < 4.78 is 40.2. The minimum atomic E-state index is -3.98. The molecule has 3 aromatic carbocycles. The lowest BCUT2D eigenvalue weighted by atomic mass is 10.1. The molecule has 2 heterocycles. The average molecular weight is 491 g/mol. The maximum Gasteiger partial charge on any atom is 0.263 e. The van der Waals surface area contributed by atoms with Crippen LogP contribution in [0.5, 0.6) is 11.5 Å². The molecule has 0 saturated carbocycles. The first-order valence-corrected chi connectivity index (χ1v) is 13.1. The van der Waals surface area contributed by atoms with Gasteiger partial charge in [-0.2, -0.15) is 0 Å². The fourth-order valence-corrected chi connectivity index (χ4v) is 4.83. The Kier molecular flexibility index (Phi) is 6.41. The predicted molar refractivity (Wildman–Crippen MR) is 136 cm³/mol. The number of anilines is 3. The molecule has 0 bridgehead atoms. The van der Waals surface area contributed by atoms with Gasteiger partial charge < -0.3 is 14.8 Å². The third-order valence-corrected chi connectivity index (χ3v) is 7.00. The van der Waals surface area contributed by atoms with Crippen LogP contribution < -0.4 is 19.5 Å². The third-order valence-electron chi connectivity index (χ3n) is 5.66. The molecule has 180 valence electrons. The second-order valence-corrected chi connectivity index (χ2v) is 9.93. The van der Waals surface area contributed by atoms with Crippen LogP contribution in [0.1, 0.15) is 25.3 Å². The van der Waals surface area contributed by atoms with Crippen LogP contribution in [0.25, 0.3) is 11.0 Å². The zero-order valence-corrected chi connectivity index (χ0v) is 20.1. The molecule has 5 rings (SSSR count). The van der Waals surface area contributed by atoms with E-state index in [1.165, 1.54) is 17.7 Å². The number of sulfonamides is 1. The maximum atomic E-state index is 13.3. The maximum absolute atomic E-state index is 13.3. The van der Waals surface area contributed by atoms with Crippen LogP contribution in [0.4, 0.5) is 17.3 Å². The highest BCUT2D eigenvalue weighted by Gasteiger charge is 2.22. The molecule has 4 aromatic rings. The number of hydrogen-bond acceptors (Lipinski definition) is 7. The number of nitrogens with one attached hydrogen (secondary N) is 2. The Labute approximate surface area is 204 Å². The van der Waals surface area contributed by atoms with Crippen LogP contribution in [0.15, 0.2) is 71.6 Å². The van der Waals surface area contributed by atoms with E-state index in [0.717, 1.165) is 24.9 Å². The fourth-order valence-electron chi connectivity index (χ4n) is 3.81. The van der Waals surface area contributed by atoms with Crippen molar-refractivity contribution in [2.24, 2.45) is 0 Å². The molecule has 35 heavy (non-hydrogen) atoms. The van der Waals surface area contributed by atoms with E-state index in [1.54, 1.807) is 12.1 Å². The normalized spacial score (nSPS) is 12.9. The Bertz CT molecular complexity index is 1460. The molecule has 0 spiro atoms. The van der Waals surface area contributed by atoms with Gasteiger partial charge in [0.25, 0.3) is 10.0 Å². The van der Waals surface area contributed by atoms with Gasteiger partial charge in [0.05, 0.1) is 15.9 Å². The van der Waals surface area contributed by atoms with E-state index in [2.05, 4.69) is 39.1 Å². The number of ether oxygens (including phenoxy) is 2. The number of benzene rings is 3. The molecule has 0 aliphatic carbocycles. The van der Waals surface area contributed by atoms with E-state index < -0.39 is 10.0 Å². The largest absolute Gasteiger partial charge is 0.486 e. The van der Waals surface area contributed by atoms with E-state index in [-0.39, 0.29) is 10.7 Å². The third kappa shape index (κ3) is 5.14. The van der Waals surface area contributed by atoms with Gasteiger partial charge >= 0.3 is 0 Å². The summed E-state index contributed by atoms with van der Waals surface area (Å²) in [5.41, 5.74) is 3.26. The van der Waals surface area contributed by atoms with Crippen molar-refractivity contribution in [3.8, 4) is 11.5 Å². The SMILES string of the molecule is CCCCc1ccc(Nc2nc3ccccc3nc2NS(=O)(=O)c2ccc3c(c2)OCCO3)cc1. The van der Waals surface area contributed by atoms with Gasteiger partial charge in [0.1, 0.15) is 13.2 Å². The molecule has 0 amide bonds. The second kappa shape index (κ2) is 9.79. The molecule has 1 aliphatic heterocycles. The zero-order valence-electron chi connectivity index (χ0n) is 19.3. The average Bonchev–Trinajstić information content (AvgIpc) is 2.88. The highest BCUT2D eigenvalue weighted by Crippen LogP contribution is 2.33. The lowest BCUT2D eigenvalue weighted by molar-refractivity contribution is 0.171. The Hall–Kier alpha value is -3.85. The summed E-state index contributed by atoms with van der Waals surface area (Å²) in [5.74, 6) is 1.33. The molecule has 0 saturated heterocycles. The van der Waals surface area contributed by atoms with Crippen molar-refractivity contribution >= 4 is 38.4 Å². The smallest absolute Gasteiger partial charge is 0.263 e. The predicted octanol–water partition coefficient (Wildman–Crippen LogP) is 5.29. The number of para-hydroxylation sites is 2. The Balaban J connectivity index is 1.47. The Morgan fingerprint density at radius 2 is 1.54 bits per heavy atom. The molecule has 0 unspecified atom stereocenters. The number of aromatic nitrogens is 2. The number of fused-ring (bicyclic) bond motifs is 2. The van der Waals surface area contributed by atoms with E-state index in [4.69, 9.17) is 9.47 Å². The van der Waals surface area contributed by atoms with Gasteiger partial charge in [-0.05, 0) is 54.8 Å². The number of hydrogen-bond donors (Lipinski definition) is 2. The van der Waals surface area contributed by atoms with Gasteiger partial charge in [-0.3, -0.25) is 4.72 Å². The van der Waals surface area contributed by atoms with Crippen LogP contribution in [-0.2, 0) is 16.4 Å². The van der Waals surface area contributed by atoms with E-state index in [1.807, 2.05) is 30.3 Å². The summed E-state index contributed by atoms with van der Waals surface area (Å²) in [6, 6.07) is 19.9. The topological polar surface area (TPSA) is 102 Å². The molecule has 1 aliphatic rings.